The lowest BCUT2D eigenvalue weighted by molar-refractivity contribution is -0.00599. The van der Waals surface area contributed by atoms with Gasteiger partial charge in [0.1, 0.15) is 0 Å². The first-order valence-corrected chi connectivity index (χ1v) is 6.09. The normalized spacial score (nSPS) is 28.2. The second-order valence-corrected chi connectivity index (χ2v) is 5.41. The molecule has 1 N–H and O–H groups in total. The second kappa shape index (κ2) is 3.07. The van der Waals surface area contributed by atoms with Crippen molar-refractivity contribution in [2.75, 3.05) is 6.54 Å². The molecule has 1 aromatic rings. The van der Waals surface area contributed by atoms with Crippen LogP contribution in [-0.2, 0) is 0 Å². The zero-order valence-electron chi connectivity index (χ0n) is 8.09. The lowest BCUT2D eigenvalue weighted by Crippen LogP contribution is -2.59. The van der Waals surface area contributed by atoms with E-state index < -0.39 is 0 Å². The first-order chi connectivity index (χ1) is 6.82. The Hall–Kier alpha value is -0.340. The molecule has 1 spiro atoms. The predicted octanol–water partition coefficient (Wildman–Crippen LogP) is 3.26. The molecule has 1 unspecified atom stereocenters. The topological polar surface area (TPSA) is 12.0 Å². The summed E-state index contributed by atoms with van der Waals surface area (Å²) in [7, 11) is 0. The lowest BCUT2D eigenvalue weighted by Gasteiger charge is -2.57. The van der Waals surface area contributed by atoms with Crippen LogP contribution in [0.3, 0.4) is 0 Å². The Balaban J connectivity index is 1.92. The van der Waals surface area contributed by atoms with E-state index in [1.807, 2.05) is 0 Å². The fourth-order valence-electron chi connectivity index (χ4n) is 2.74. The summed E-state index contributed by atoms with van der Waals surface area (Å²) in [6.07, 6.45) is 4.24. The van der Waals surface area contributed by atoms with Crippen LogP contribution in [-0.4, -0.2) is 6.54 Å². The van der Waals surface area contributed by atoms with Gasteiger partial charge in [-0.25, -0.2) is 0 Å². The van der Waals surface area contributed by atoms with Crippen molar-refractivity contribution < 1.29 is 0 Å². The van der Waals surface area contributed by atoms with E-state index in [4.69, 9.17) is 0 Å². The van der Waals surface area contributed by atoms with Gasteiger partial charge >= 0.3 is 0 Å². The minimum atomic E-state index is 0.604. The van der Waals surface area contributed by atoms with E-state index in [1.165, 1.54) is 35.8 Å². The fraction of sp³-hybridized carbons (Fsp3) is 0.500. The molecular formula is C12H14BrN. The highest BCUT2D eigenvalue weighted by atomic mass is 79.9. The summed E-state index contributed by atoms with van der Waals surface area (Å²) in [5.74, 6) is 0. The van der Waals surface area contributed by atoms with E-state index in [1.54, 1.807) is 0 Å². The standard InChI is InChI=1S/C12H14BrN/c13-10-5-2-1-4-9(10)11-12(8-14-11)6-3-7-12/h1-2,4-5,11,14H,3,6-8H2. The molecule has 0 amide bonds. The Labute approximate surface area is 93.0 Å². The van der Waals surface area contributed by atoms with E-state index in [0.29, 0.717) is 11.5 Å². The number of rotatable bonds is 1. The van der Waals surface area contributed by atoms with Crippen LogP contribution in [0.1, 0.15) is 30.9 Å². The second-order valence-electron chi connectivity index (χ2n) is 4.55. The molecule has 0 bridgehead atoms. The van der Waals surface area contributed by atoms with Gasteiger partial charge in [0.05, 0.1) is 0 Å². The Kier molecular flexibility index (Phi) is 1.96. The molecule has 1 saturated carbocycles. The van der Waals surface area contributed by atoms with Crippen LogP contribution in [0.15, 0.2) is 28.7 Å². The average molecular weight is 252 g/mol. The van der Waals surface area contributed by atoms with Gasteiger partial charge in [-0.1, -0.05) is 40.5 Å². The summed E-state index contributed by atoms with van der Waals surface area (Å²) < 4.78 is 1.25. The Bertz CT molecular complexity index is 352. The maximum absolute atomic E-state index is 3.64. The molecule has 2 fully saturated rings. The van der Waals surface area contributed by atoms with Crippen molar-refractivity contribution in [1.29, 1.82) is 0 Å². The van der Waals surface area contributed by atoms with Gasteiger partial charge in [-0.3, -0.25) is 0 Å². The number of nitrogens with one attached hydrogen (secondary N) is 1. The first kappa shape index (κ1) is 8.93. The van der Waals surface area contributed by atoms with E-state index in [-0.39, 0.29) is 0 Å². The van der Waals surface area contributed by atoms with Crippen molar-refractivity contribution in [3.63, 3.8) is 0 Å². The van der Waals surface area contributed by atoms with E-state index in [2.05, 4.69) is 45.5 Å². The third-order valence-corrected chi connectivity index (χ3v) is 4.56. The molecular weight excluding hydrogens is 238 g/mol. The quantitative estimate of drug-likeness (QED) is 0.808. The Morgan fingerprint density at radius 1 is 1.29 bits per heavy atom. The Morgan fingerprint density at radius 3 is 2.57 bits per heavy atom. The zero-order chi connectivity index (χ0) is 9.60. The maximum Gasteiger partial charge on any atom is 0.0400 e. The smallest absolute Gasteiger partial charge is 0.0400 e. The van der Waals surface area contributed by atoms with Gasteiger partial charge < -0.3 is 5.32 Å². The number of halogens is 1. The molecule has 1 saturated heterocycles. The predicted molar refractivity (Wildman–Crippen MR) is 61.2 cm³/mol. The van der Waals surface area contributed by atoms with Crippen molar-refractivity contribution in [3.8, 4) is 0 Å². The van der Waals surface area contributed by atoms with E-state index >= 15 is 0 Å². The molecule has 1 aliphatic carbocycles. The molecule has 1 nitrogen and oxygen atoms in total. The summed E-state index contributed by atoms with van der Waals surface area (Å²) in [5, 5.41) is 3.57. The van der Waals surface area contributed by atoms with Gasteiger partial charge in [-0.15, -0.1) is 0 Å². The van der Waals surface area contributed by atoms with Gasteiger partial charge in [0, 0.05) is 22.5 Å². The fourth-order valence-corrected chi connectivity index (χ4v) is 3.25. The van der Waals surface area contributed by atoms with Crippen LogP contribution >= 0.6 is 15.9 Å². The summed E-state index contributed by atoms with van der Waals surface area (Å²) in [6.45, 7) is 1.22. The summed E-state index contributed by atoms with van der Waals surface area (Å²) in [5.41, 5.74) is 2.06. The summed E-state index contributed by atoms with van der Waals surface area (Å²) >= 11 is 3.64. The third kappa shape index (κ3) is 1.10. The molecule has 2 heteroatoms. The first-order valence-electron chi connectivity index (χ1n) is 5.30. The van der Waals surface area contributed by atoms with Gasteiger partial charge in [-0.2, -0.15) is 0 Å². The van der Waals surface area contributed by atoms with Crippen LogP contribution in [0.4, 0.5) is 0 Å². The van der Waals surface area contributed by atoms with Gasteiger partial charge in [0.15, 0.2) is 0 Å². The van der Waals surface area contributed by atoms with Crippen LogP contribution < -0.4 is 5.32 Å². The van der Waals surface area contributed by atoms with Crippen LogP contribution in [0.2, 0.25) is 0 Å². The third-order valence-electron chi connectivity index (χ3n) is 3.84. The average Bonchev–Trinajstić information content (AvgIpc) is 2.04. The highest BCUT2D eigenvalue weighted by Gasteiger charge is 2.51. The van der Waals surface area contributed by atoms with E-state index in [9.17, 15) is 0 Å². The largest absolute Gasteiger partial charge is 0.309 e. The van der Waals surface area contributed by atoms with Crippen LogP contribution in [0.5, 0.6) is 0 Å². The number of benzene rings is 1. The maximum atomic E-state index is 3.64. The summed E-state index contributed by atoms with van der Waals surface area (Å²) in [4.78, 5) is 0. The molecule has 2 aliphatic rings. The number of hydrogen-bond acceptors (Lipinski definition) is 1. The monoisotopic (exact) mass is 251 g/mol. The molecule has 1 atom stereocenters. The van der Waals surface area contributed by atoms with Gasteiger partial charge in [-0.05, 0) is 24.5 Å². The molecule has 1 heterocycles. The van der Waals surface area contributed by atoms with Crippen molar-refractivity contribution in [2.24, 2.45) is 5.41 Å². The molecule has 0 radical (unpaired) electrons. The zero-order valence-corrected chi connectivity index (χ0v) is 9.68. The molecule has 1 aromatic carbocycles. The minimum absolute atomic E-state index is 0.604. The van der Waals surface area contributed by atoms with Crippen molar-refractivity contribution in [2.45, 2.75) is 25.3 Å². The van der Waals surface area contributed by atoms with E-state index in [0.717, 1.165) is 0 Å². The lowest BCUT2D eigenvalue weighted by atomic mass is 9.58. The number of hydrogen-bond donors (Lipinski definition) is 1. The molecule has 74 valence electrons. The van der Waals surface area contributed by atoms with Crippen molar-refractivity contribution in [1.82, 2.24) is 5.32 Å². The minimum Gasteiger partial charge on any atom is -0.309 e. The van der Waals surface area contributed by atoms with Crippen molar-refractivity contribution >= 4 is 15.9 Å². The van der Waals surface area contributed by atoms with Crippen LogP contribution in [0, 0.1) is 5.41 Å². The van der Waals surface area contributed by atoms with Gasteiger partial charge in [0.25, 0.3) is 0 Å². The van der Waals surface area contributed by atoms with Crippen LogP contribution in [0.25, 0.3) is 0 Å². The highest BCUT2D eigenvalue weighted by Crippen LogP contribution is 2.55. The van der Waals surface area contributed by atoms with Gasteiger partial charge in [0.2, 0.25) is 0 Å². The highest BCUT2D eigenvalue weighted by molar-refractivity contribution is 9.10. The summed E-state index contributed by atoms with van der Waals surface area (Å²) in [6, 6.07) is 9.20. The molecule has 3 rings (SSSR count). The molecule has 0 aromatic heterocycles. The molecule has 14 heavy (non-hydrogen) atoms. The van der Waals surface area contributed by atoms with Crippen molar-refractivity contribution in [3.05, 3.63) is 34.3 Å². The SMILES string of the molecule is Brc1ccccc1C1NCC12CCC2. The molecule has 1 aliphatic heterocycles. The Morgan fingerprint density at radius 2 is 2.07 bits per heavy atom.